The van der Waals surface area contributed by atoms with Crippen LogP contribution in [0.25, 0.3) is 0 Å². The third-order valence-electron chi connectivity index (χ3n) is 3.90. The number of carbonyl (C=O) groups is 1. The number of aromatic nitrogens is 3. The quantitative estimate of drug-likeness (QED) is 0.912. The van der Waals surface area contributed by atoms with E-state index in [2.05, 4.69) is 15.4 Å². The predicted molar refractivity (Wildman–Crippen MR) is 80.8 cm³/mol. The standard InChI is InChI=1S/C16H20N4O2/c1-2-20-11-12(9-19-20)15-14(6-8-22-15)16(21)18-10-13-5-3-4-7-17-13/h3-5,7,9,11,14-15H,2,6,8,10H2,1H3,(H,18,21)/t14-,15+/m0/s1. The van der Waals surface area contributed by atoms with E-state index in [1.807, 2.05) is 36.0 Å². The lowest BCUT2D eigenvalue weighted by atomic mass is 9.96. The van der Waals surface area contributed by atoms with Gasteiger partial charge in [-0.05, 0) is 25.5 Å². The minimum Gasteiger partial charge on any atom is -0.373 e. The molecule has 3 heterocycles. The van der Waals surface area contributed by atoms with E-state index in [1.165, 1.54) is 0 Å². The lowest BCUT2D eigenvalue weighted by molar-refractivity contribution is -0.127. The Morgan fingerprint density at radius 1 is 1.50 bits per heavy atom. The number of ether oxygens (including phenoxy) is 1. The van der Waals surface area contributed by atoms with Crippen LogP contribution in [0.4, 0.5) is 0 Å². The highest BCUT2D eigenvalue weighted by Crippen LogP contribution is 2.34. The van der Waals surface area contributed by atoms with E-state index in [9.17, 15) is 4.79 Å². The highest BCUT2D eigenvalue weighted by molar-refractivity contribution is 5.79. The molecule has 0 bridgehead atoms. The number of nitrogens with zero attached hydrogens (tertiary/aromatic N) is 3. The van der Waals surface area contributed by atoms with Crippen LogP contribution in [-0.2, 0) is 22.6 Å². The number of nitrogens with one attached hydrogen (secondary N) is 1. The summed E-state index contributed by atoms with van der Waals surface area (Å²) in [5.74, 6) is -0.157. The Labute approximate surface area is 129 Å². The van der Waals surface area contributed by atoms with Crippen molar-refractivity contribution in [2.24, 2.45) is 5.92 Å². The van der Waals surface area contributed by atoms with Gasteiger partial charge < -0.3 is 10.1 Å². The maximum Gasteiger partial charge on any atom is 0.226 e. The van der Waals surface area contributed by atoms with Gasteiger partial charge in [-0.15, -0.1) is 0 Å². The molecule has 1 saturated heterocycles. The van der Waals surface area contributed by atoms with Crippen LogP contribution in [0.2, 0.25) is 0 Å². The number of hydrogen-bond acceptors (Lipinski definition) is 4. The summed E-state index contributed by atoms with van der Waals surface area (Å²) in [5.41, 5.74) is 1.82. The summed E-state index contributed by atoms with van der Waals surface area (Å²) in [6, 6.07) is 5.67. The molecule has 22 heavy (non-hydrogen) atoms. The van der Waals surface area contributed by atoms with Crippen molar-refractivity contribution in [2.75, 3.05) is 6.61 Å². The maximum absolute atomic E-state index is 12.4. The Morgan fingerprint density at radius 3 is 3.14 bits per heavy atom. The fourth-order valence-electron chi connectivity index (χ4n) is 2.70. The Kier molecular flexibility index (Phi) is 4.48. The van der Waals surface area contributed by atoms with Crippen LogP contribution >= 0.6 is 0 Å². The van der Waals surface area contributed by atoms with Crippen molar-refractivity contribution >= 4 is 5.91 Å². The van der Waals surface area contributed by atoms with Gasteiger partial charge >= 0.3 is 0 Å². The SMILES string of the molecule is CCn1cc([C@H]2OCC[C@@H]2C(=O)NCc2ccccn2)cn1. The zero-order valence-electron chi connectivity index (χ0n) is 12.6. The first-order valence-electron chi connectivity index (χ1n) is 7.59. The van der Waals surface area contributed by atoms with Crippen LogP contribution in [0.15, 0.2) is 36.8 Å². The van der Waals surface area contributed by atoms with Gasteiger partial charge in [-0.3, -0.25) is 14.5 Å². The van der Waals surface area contributed by atoms with Gasteiger partial charge in [0.15, 0.2) is 0 Å². The van der Waals surface area contributed by atoms with E-state index < -0.39 is 0 Å². The topological polar surface area (TPSA) is 69.0 Å². The molecule has 0 aromatic carbocycles. The first kappa shape index (κ1) is 14.7. The van der Waals surface area contributed by atoms with Crippen molar-refractivity contribution in [3.63, 3.8) is 0 Å². The molecule has 3 rings (SSSR count). The number of carbonyl (C=O) groups excluding carboxylic acids is 1. The molecule has 116 valence electrons. The summed E-state index contributed by atoms with van der Waals surface area (Å²) in [6.07, 6.45) is 6.00. The normalized spacial score (nSPS) is 21.0. The lowest BCUT2D eigenvalue weighted by Crippen LogP contribution is -2.32. The van der Waals surface area contributed by atoms with E-state index in [4.69, 9.17) is 4.74 Å². The first-order valence-corrected chi connectivity index (χ1v) is 7.59. The van der Waals surface area contributed by atoms with Crippen molar-refractivity contribution in [3.05, 3.63) is 48.0 Å². The summed E-state index contributed by atoms with van der Waals surface area (Å²) < 4.78 is 7.60. The molecule has 2 aromatic rings. The largest absolute Gasteiger partial charge is 0.373 e. The van der Waals surface area contributed by atoms with Crippen molar-refractivity contribution in [2.45, 2.75) is 32.5 Å². The smallest absolute Gasteiger partial charge is 0.226 e. The number of rotatable bonds is 5. The molecule has 0 radical (unpaired) electrons. The van der Waals surface area contributed by atoms with Crippen LogP contribution in [0.5, 0.6) is 0 Å². The van der Waals surface area contributed by atoms with Gasteiger partial charge in [0.2, 0.25) is 5.91 Å². The molecule has 6 heteroatoms. The highest BCUT2D eigenvalue weighted by Gasteiger charge is 2.35. The zero-order valence-corrected chi connectivity index (χ0v) is 12.6. The molecule has 2 aromatic heterocycles. The molecule has 1 aliphatic heterocycles. The molecule has 0 saturated carbocycles. The van der Waals surface area contributed by atoms with Crippen molar-refractivity contribution in [1.82, 2.24) is 20.1 Å². The maximum atomic E-state index is 12.4. The van der Waals surface area contributed by atoms with Crippen LogP contribution in [0.1, 0.15) is 30.7 Å². The van der Waals surface area contributed by atoms with Crippen LogP contribution in [-0.4, -0.2) is 27.3 Å². The molecule has 1 fully saturated rings. The predicted octanol–water partition coefficient (Wildman–Crippen LogP) is 1.69. The molecule has 1 amide bonds. The van der Waals surface area contributed by atoms with Crippen LogP contribution in [0.3, 0.4) is 0 Å². The Bertz CT molecular complexity index is 626. The summed E-state index contributed by atoms with van der Waals surface area (Å²) in [5, 5.41) is 7.21. The number of amides is 1. The number of pyridine rings is 1. The second kappa shape index (κ2) is 6.70. The lowest BCUT2D eigenvalue weighted by Gasteiger charge is -2.16. The fraction of sp³-hybridized carbons (Fsp3) is 0.438. The molecule has 0 spiro atoms. The number of hydrogen-bond donors (Lipinski definition) is 1. The van der Waals surface area contributed by atoms with Crippen molar-refractivity contribution < 1.29 is 9.53 Å². The summed E-state index contributed by atoms with van der Waals surface area (Å²) >= 11 is 0. The van der Waals surface area contributed by atoms with Crippen LogP contribution < -0.4 is 5.32 Å². The molecule has 6 nitrogen and oxygen atoms in total. The third-order valence-corrected chi connectivity index (χ3v) is 3.90. The van der Waals surface area contributed by atoms with Crippen LogP contribution in [0, 0.1) is 5.92 Å². The molecule has 1 aliphatic rings. The van der Waals surface area contributed by atoms with Crippen molar-refractivity contribution in [3.8, 4) is 0 Å². The van der Waals surface area contributed by atoms with E-state index in [1.54, 1.807) is 12.4 Å². The van der Waals surface area contributed by atoms with Gasteiger partial charge in [0.1, 0.15) is 0 Å². The van der Waals surface area contributed by atoms with E-state index in [0.29, 0.717) is 13.2 Å². The molecule has 0 unspecified atom stereocenters. The van der Waals surface area contributed by atoms with Gasteiger partial charge in [0, 0.05) is 31.1 Å². The van der Waals surface area contributed by atoms with E-state index in [-0.39, 0.29) is 17.9 Å². The first-order chi connectivity index (χ1) is 10.8. The second-order valence-electron chi connectivity index (χ2n) is 5.35. The number of aryl methyl sites for hydroxylation is 1. The molecule has 0 aliphatic carbocycles. The van der Waals surface area contributed by atoms with Gasteiger partial charge in [0.25, 0.3) is 0 Å². The molecule has 1 N–H and O–H groups in total. The van der Waals surface area contributed by atoms with Gasteiger partial charge in [-0.1, -0.05) is 6.07 Å². The Hall–Kier alpha value is -2.21. The Morgan fingerprint density at radius 2 is 2.41 bits per heavy atom. The molecular weight excluding hydrogens is 280 g/mol. The van der Waals surface area contributed by atoms with Gasteiger partial charge in [-0.25, -0.2) is 0 Å². The second-order valence-corrected chi connectivity index (χ2v) is 5.35. The summed E-state index contributed by atoms with van der Waals surface area (Å²) in [4.78, 5) is 16.6. The highest BCUT2D eigenvalue weighted by atomic mass is 16.5. The minimum absolute atomic E-state index is 0.0115. The summed E-state index contributed by atoms with van der Waals surface area (Å²) in [7, 11) is 0. The molecular formula is C16H20N4O2. The molecule has 2 atom stereocenters. The Balaban J connectivity index is 1.63. The van der Waals surface area contributed by atoms with Gasteiger partial charge in [0.05, 0.1) is 30.5 Å². The fourth-order valence-corrected chi connectivity index (χ4v) is 2.70. The average Bonchev–Trinajstić information content (AvgIpc) is 3.21. The summed E-state index contributed by atoms with van der Waals surface area (Å²) in [6.45, 7) is 3.88. The van der Waals surface area contributed by atoms with Gasteiger partial charge in [-0.2, -0.15) is 5.10 Å². The average molecular weight is 300 g/mol. The van der Waals surface area contributed by atoms with Crippen molar-refractivity contribution in [1.29, 1.82) is 0 Å². The minimum atomic E-state index is -0.205. The monoisotopic (exact) mass is 300 g/mol. The zero-order chi connectivity index (χ0) is 15.4. The van der Waals surface area contributed by atoms with E-state index >= 15 is 0 Å². The third kappa shape index (κ3) is 3.17. The van der Waals surface area contributed by atoms with E-state index in [0.717, 1.165) is 24.2 Å².